The molecule has 0 saturated carbocycles. The summed E-state index contributed by atoms with van der Waals surface area (Å²) in [6.45, 7) is 5.47. The number of benzene rings is 1. The van der Waals surface area contributed by atoms with Gasteiger partial charge in [0.15, 0.2) is 6.10 Å². The quantitative estimate of drug-likeness (QED) is 0.611. The Morgan fingerprint density at radius 1 is 1.07 bits per heavy atom. The number of methoxy groups -OCH3 is 1. The molecule has 0 unspecified atom stereocenters. The van der Waals surface area contributed by atoms with E-state index in [1.807, 2.05) is 17.5 Å². The molecule has 2 N–H and O–H groups in total. The van der Waals surface area contributed by atoms with Crippen molar-refractivity contribution in [3.8, 4) is 5.75 Å². The van der Waals surface area contributed by atoms with Crippen LogP contribution in [0.1, 0.15) is 36.0 Å². The van der Waals surface area contributed by atoms with E-state index in [1.165, 1.54) is 25.4 Å². The Morgan fingerprint density at radius 3 is 2.31 bits per heavy atom. The fourth-order valence-electron chi connectivity index (χ4n) is 2.50. The van der Waals surface area contributed by atoms with Crippen molar-refractivity contribution in [3.05, 3.63) is 52.2 Å². The van der Waals surface area contributed by atoms with E-state index in [2.05, 4.69) is 10.6 Å². The largest absolute Gasteiger partial charge is 0.497 e. The number of thiophene rings is 1. The lowest BCUT2D eigenvalue weighted by atomic mass is 10.0. The maximum absolute atomic E-state index is 12.6. The zero-order valence-electron chi connectivity index (χ0n) is 16.9. The van der Waals surface area contributed by atoms with Crippen LogP contribution in [0.4, 0.5) is 0 Å². The van der Waals surface area contributed by atoms with Crippen LogP contribution < -0.4 is 15.4 Å². The maximum atomic E-state index is 12.6. The van der Waals surface area contributed by atoms with Crippen molar-refractivity contribution < 1.29 is 23.9 Å². The van der Waals surface area contributed by atoms with E-state index in [-0.39, 0.29) is 5.92 Å². The van der Waals surface area contributed by atoms with E-state index in [4.69, 9.17) is 9.47 Å². The van der Waals surface area contributed by atoms with Gasteiger partial charge in [-0.1, -0.05) is 19.9 Å². The molecule has 0 saturated heterocycles. The van der Waals surface area contributed by atoms with E-state index >= 15 is 0 Å². The predicted octanol–water partition coefficient (Wildman–Crippen LogP) is 2.76. The number of hydrogen-bond acceptors (Lipinski definition) is 6. The molecule has 0 radical (unpaired) electrons. The molecule has 2 amide bonds. The van der Waals surface area contributed by atoms with Gasteiger partial charge in [-0.15, -0.1) is 11.3 Å². The first-order chi connectivity index (χ1) is 13.8. The highest BCUT2D eigenvalue weighted by atomic mass is 32.1. The third-order valence-corrected chi connectivity index (χ3v) is 5.11. The van der Waals surface area contributed by atoms with Gasteiger partial charge in [-0.2, -0.15) is 0 Å². The van der Waals surface area contributed by atoms with Crippen LogP contribution in [-0.2, 0) is 20.9 Å². The van der Waals surface area contributed by atoms with E-state index in [9.17, 15) is 14.4 Å². The zero-order chi connectivity index (χ0) is 21.4. The molecule has 0 aliphatic heterocycles. The van der Waals surface area contributed by atoms with Gasteiger partial charge < -0.3 is 20.1 Å². The lowest BCUT2D eigenvalue weighted by Gasteiger charge is -2.23. The van der Waals surface area contributed by atoms with Crippen LogP contribution in [-0.4, -0.2) is 37.0 Å². The van der Waals surface area contributed by atoms with Gasteiger partial charge in [0.05, 0.1) is 13.7 Å². The van der Waals surface area contributed by atoms with Gasteiger partial charge in [0.2, 0.25) is 0 Å². The molecule has 1 heterocycles. The normalized spacial score (nSPS) is 12.7. The maximum Gasteiger partial charge on any atom is 0.329 e. The van der Waals surface area contributed by atoms with Gasteiger partial charge >= 0.3 is 5.97 Å². The van der Waals surface area contributed by atoms with Crippen LogP contribution in [0.15, 0.2) is 41.8 Å². The van der Waals surface area contributed by atoms with Crippen molar-refractivity contribution in [1.29, 1.82) is 0 Å². The predicted molar refractivity (Wildman–Crippen MR) is 111 cm³/mol. The minimum absolute atomic E-state index is 0.217. The molecule has 0 fully saturated rings. The summed E-state index contributed by atoms with van der Waals surface area (Å²) in [6, 6.07) is 9.47. The summed E-state index contributed by atoms with van der Waals surface area (Å²) in [6.07, 6.45) is -0.971. The van der Waals surface area contributed by atoms with Crippen LogP contribution in [0, 0.1) is 5.92 Å². The minimum atomic E-state index is -0.971. The Labute approximate surface area is 174 Å². The van der Waals surface area contributed by atoms with E-state index in [0.717, 1.165) is 4.88 Å². The van der Waals surface area contributed by atoms with E-state index in [0.29, 0.717) is 17.9 Å². The highest BCUT2D eigenvalue weighted by Crippen LogP contribution is 2.13. The Morgan fingerprint density at radius 2 is 1.76 bits per heavy atom. The van der Waals surface area contributed by atoms with Crippen LogP contribution in [0.2, 0.25) is 0 Å². The van der Waals surface area contributed by atoms with Crippen LogP contribution in [0.5, 0.6) is 5.75 Å². The molecule has 1 aromatic heterocycles. The molecule has 156 valence electrons. The van der Waals surface area contributed by atoms with Crippen molar-refractivity contribution >= 4 is 29.1 Å². The molecule has 1 aromatic carbocycles. The second kappa shape index (κ2) is 10.6. The Balaban J connectivity index is 1.93. The number of carbonyl (C=O) groups excluding carboxylic acids is 3. The lowest BCUT2D eigenvalue weighted by Crippen LogP contribution is -2.47. The number of hydrogen-bond donors (Lipinski definition) is 2. The number of esters is 1. The SMILES string of the molecule is COc1ccc(C(=O)N[C@H](C(=O)O[C@@H](C)C(=O)NCc2cccs2)C(C)C)cc1. The Bertz CT molecular complexity index is 818. The number of rotatable bonds is 9. The second-order valence-electron chi connectivity index (χ2n) is 6.80. The Kier molecular flexibility index (Phi) is 8.21. The third kappa shape index (κ3) is 6.60. The van der Waals surface area contributed by atoms with Gasteiger partial charge in [-0.05, 0) is 48.6 Å². The van der Waals surface area contributed by atoms with Gasteiger partial charge in [0.25, 0.3) is 11.8 Å². The van der Waals surface area contributed by atoms with Gasteiger partial charge in [0.1, 0.15) is 11.8 Å². The summed E-state index contributed by atoms with van der Waals surface area (Å²) in [5.41, 5.74) is 0.394. The lowest BCUT2D eigenvalue weighted by molar-refractivity contribution is -0.157. The summed E-state index contributed by atoms with van der Waals surface area (Å²) in [4.78, 5) is 38.2. The first kappa shape index (κ1) is 22.4. The summed E-state index contributed by atoms with van der Waals surface area (Å²) in [7, 11) is 1.54. The van der Waals surface area contributed by atoms with Crippen molar-refractivity contribution in [2.45, 2.75) is 39.5 Å². The molecule has 0 aliphatic carbocycles. The number of amides is 2. The molecule has 0 bridgehead atoms. The summed E-state index contributed by atoms with van der Waals surface area (Å²) in [5.74, 6) is -1.04. The van der Waals surface area contributed by atoms with E-state index in [1.54, 1.807) is 38.1 Å². The summed E-state index contributed by atoms with van der Waals surface area (Å²) in [5, 5.41) is 7.34. The number of carbonyl (C=O) groups is 3. The van der Waals surface area contributed by atoms with Crippen molar-refractivity contribution in [2.24, 2.45) is 5.92 Å². The molecule has 0 spiro atoms. The first-order valence-corrected chi connectivity index (χ1v) is 10.1. The average Bonchev–Trinajstić information content (AvgIpc) is 3.23. The molecule has 2 atom stereocenters. The minimum Gasteiger partial charge on any atom is -0.497 e. The van der Waals surface area contributed by atoms with Crippen molar-refractivity contribution in [1.82, 2.24) is 10.6 Å². The average molecular weight is 419 g/mol. The molecular formula is C21H26N2O5S. The third-order valence-electron chi connectivity index (χ3n) is 4.24. The highest BCUT2D eigenvalue weighted by Gasteiger charge is 2.29. The standard InChI is InChI=1S/C21H26N2O5S/c1-13(2)18(23-20(25)15-7-9-16(27-4)10-8-15)21(26)28-14(3)19(24)22-12-17-6-5-11-29-17/h5-11,13-14,18H,12H2,1-4H3,(H,22,24)(H,23,25)/t14-,18-/m0/s1. The Hall–Kier alpha value is -2.87. The van der Waals surface area contributed by atoms with Gasteiger partial charge in [-0.3, -0.25) is 9.59 Å². The topological polar surface area (TPSA) is 93.7 Å². The van der Waals surface area contributed by atoms with E-state index < -0.39 is 29.9 Å². The number of nitrogens with one attached hydrogen (secondary N) is 2. The fraction of sp³-hybridized carbons (Fsp3) is 0.381. The van der Waals surface area contributed by atoms with Gasteiger partial charge in [-0.25, -0.2) is 4.79 Å². The monoisotopic (exact) mass is 418 g/mol. The molecule has 0 aliphatic rings. The molecule has 2 rings (SSSR count). The molecule has 7 nitrogen and oxygen atoms in total. The highest BCUT2D eigenvalue weighted by molar-refractivity contribution is 7.09. The van der Waals surface area contributed by atoms with Crippen LogP contribution in [0.3, 0.4) is 0 Å². The van der Waals surface area contributed by atoms with Crippen LogP contribution >= 0.6 is 11.3 Å². The zero-order valence-corrected chi connectivity index (χ0v) is 17.7. The van der Waals surface area contributed by atoms with Crippen molar-refractivity contribution in [2.75, 3.05) is 7.11 Å². The smallest absolute Gasteiger partial charge is 0.329 e. The van der Waals surface area contributed by atoms with Gasteiger partial charge in [0, 0.05) is 10.4 Å². The van der Waals surface area contributed by atoms with Crippen LogP contribution in [0.25, 0.3) is 0 Å². The van der Waals surface area contributed by atoms with Crippen molar-refractivity contribution in [3.63, 3.8) is 0 Å². The molecule has 8 heteroatoms. The summed E-state index contributed by atoms with van der Waals surface area (Å²) < 4.78 is 10.4. The fourth-order valence-corrected chi connectivity index (χ4v) is 3.14. The second-order valence-corrected chi connectivity index (χ2v) is 7.83. The first-order valence-electron chi connectivity index (χ1n) is 9.27. The molecule has 2 aromatic rings. The molecule has 29 heavy (non-hydrogen) atoms. The summed E-state index contributed by atoms with van der Waals surface area (Å²) >= 11 is 1.53. The number of ether oxygens (including phenoxy) is 2. The molecular weight excluding hydrogens is 392 g/mol.